The standard InChI is InChI=1S/C33H45BrN2O6/c1-5-7-8-13-20-41-32(40)25-26-30(38)36(18-11-9-10-12-19-37)29(33(26)21-24(34)28(25)42-33)31(39)35(17-6-2)27-22(3)15-14-16-23(27)4/h5-6,14-16,24-26,28-29,37H,1-2,7-13,17-21H2,3-4H3/t24?,25-,26+,28-,29?,33?/m1/s1. The van der Waals surface area contributed by atoms with Gasteiger partial charge < -0.3 is 24.4 Å². The van der Waals surface area contributed by atoms with Gasteiger partial charge in [0, 0.05) is 30.2 Å². The highest BCUT2D eigenvalue weighted by atomic mass is 79.9. The fourth-order valence-electron chi connectivity index (χ4n) is 7.13. The first kappa shape index (κ1) is 32.4. The lowest BCUT2D eigenvalue weighted by molar-refractivity contribution is -0.155. The zero-order valence-electron chi connectivity index (χ0n) is 24.9. The van der Waals surface area contributed by atoms with Gasteiger partial charge in [0.2, 0.25) is 5.91 Å². The zero-order chi connectivity index (χ0) is 30.4. The number of benzene rings is 1. The Bertz CT molecular complexity index is 1150. The quantitative estimate of drug-likeness (QED) is 0.117. The number of hydrogen-bond acceptors (Lipinski definition) is 6. The van der Waals surface area contributed by atoms with Crippen LogP contribution in [0.4, 0.5) is 5.69 Å². The molecule has 0 aliphatic carbocycles. The second-order valence-corrected chi connectivity index (χ2v) is 12.9. The molecule has 6 atom stereocenters. The molecule has 1 N–H and O–H groups in total. The number of hydrogen-bond donors (Lipinski definition) is 1. The fraction of sp³-hybridized carbons (Fsp3) is 0.606. The smallest absolute Gasteiger partial charge is 0.312 e. The number of ether oxygens (including phenoxy) is 2. The van der Waals surface area contributed by atoms with Gasteiger partial charge in [-0.05, 0) is 63.5 Å². The lowest BCUT2D eigenvalue weighted by Crippen LogP contribution is -2.57. The molecule has 3 heterocycles. The zero-order valence-corrected chi connectivity index (χ0v) is 26.5. The molecule has 3 aliphatic heterocycles. The largest absolute Gasteiger partial charge is 0.465 e. The Morgan fingerprint density at radius 2 is 1.86 bits per heavy atom. The molecule has 1 aromatic carbocycles. The van der Waals surface area contributed by atoms with Crippen molar-refractivity contribution in [2.24, 2.45) is 11.8 Å². The van der Waals surface area contributed by atoms with Crippen LogP contribution in [0.3, 0.4) is 0 Å². The maximum absolute atomic E-state index is 14.7. The molecule has 2 bridgehead atoms. The number of aliphatic hydroxyl groups excluding tert-OH is 1. The van der Waals surface area contributed by atoms with Gasteiger partial charge in [0.05, 0.1) is 24.5 Å². The second-order valence-electron chi connectivity index (χ2n) is 11.8. The summed E-state index contributed by atoms with van der Waals surface area (Å²) in [6, 6.07) is 5.02. The van der Waals surface area contributed by atoms with Gasteiger partial charge in [-0.15, -0.1) is 13.2 Å². The van der Waals surface area contributed by atoms with Gasteiger partial charge in [-0.1, -0.05) is 59.1 Å². The van der Waals surface area contributed by atoms with Gasteiger partial charge in [-0.25, -0.2) is 0 Å². The number of anilines is 1. The summed E-state index contributed by atoms with van der Waals surface area (Å²) in [6.45, 7) is 12.6. The maximum Gasteiger partial charge on any atom is 0.312 e. The van der Waals surface area contributed by atoms with Crippen LogP contribution in [0.15, 0.2) is 43.5 Å². The number of fused-ring (bicyclic) bond motifs is 1. The van der Waals surface area contributed by atoms with Crippen LogP contribution in [0.5, 0.6) is 0 Å². The van der Waals surface area contributed by atoms with Crippen LogP contribution in [0.25, 0.3) is 0 Å². The lowest BCUT2D eigenvalue weighted by atomic mass is 9.70. The average molecular weight is 646 g/mol. The summed E-state index contributed by atoms with van der Waals surface area (Å²) in [7, 11) is 0. The predicted octanol–water partition coefficient (Wildman–Crippen LogP) is 5.02. The van der Waals surface area contributed by atoms with E-state index in [2.05, 4.69) is 29.1 Å². The van der Waals surface area contributed by atoms with E-state index in [0.717, 1.165) is 42.5 Å². The Morgan fingerprint density at radius 1 is 1.14 bits per heavy atom. The number of allylic oxidation sites excluding steroid dienone is 1. The number of unbranched alkanes of at least 4 members (excludes halogenated alkanes) is 5. The molecule has 2 amide bonds. The topological polar surface area (TPSA) is 96.4 Å². The normalized spacial score (nSPS) is 27.7. The summed E-state index contributed by atoms with van der Waals surface area (Å²) >= 11 is 3.73. The molecule has 0 aromatic heterocycles. The number of carbonyl (C=O) groups is 3. The summed E-state index contributed by atoms with van der Waals surface area (Å²) in [5, 5.41) is 9.20. The molecular formula is C33H45BrN2O6. The molecule has 1 spiro atoms. The first-order chi connectivity index (χ1) is 20.2. The molecule has 4 rings (SSSR count). The fourth-order valence-corrected chi connectivity index (χ4v) is 8.07. The third-order valence-electron chi connectivity index (χ3n) is 8.94. The summed E-state index contributed by atoms with van der Waals surface area (Å²) in [6.07, 6.45) is 8.89. The number of rotatable bonds is 16. The first-order valence-corrected chi connectivity index (χ1v) is 16.1. The van der Waals surface area contributed by atoms with Crippen molar-refractivity contribution in [2.45, 2.75) is 87.8 Å². The van der Waals surface area contributed by atoms with Crippen LogP contribution in [0.2, 0.25) is 0 Å². The second kappa shape index (κ2) is 14.3. The molecule has 42 heavy (non-hydrogen) atoms. The molecule has 0 radical (unpaired) electrons. The Hall–Kier alpha value is -2.49. The molecule has 3 saturated heterocycles. The van der Waals surface area contributed by atoms with Crippen molar-refractivity contribution in [3.63, 3.8) is 0 Å². The molecule has 3 unspecified atom stereocenters. The monoisotopic (exact) mass is 644 g/mol. The lowest BCUT2D eigenvalue weighted by Gasteiger charge is -2.37. The highest BCUT2D eigenvalue weighted by Gasteiger charge is 2.77. The summed E-state index contributed by atoms with van der Waals surface area (Å²) in [4.78, 5) is 45.7. The van der Waals surface area contributed by atoms with E-state index < -0.39 is 35.6 Å². The van der Waals surface area contributed by atoms with Crippen LogP contribution < -0.4 is 4.90 Å². The minimum Gasteiger partial charge on any atom is -0.465 e. The maximum atomic E-state index is 14.7. The molecule has 1 aromatic rings. The Morgan fingerprint density at radius 3 is 2.52 bits per heavy atom. The van der Waals surface area contributed by atoms with Crippen LogP contribution >= 0.6 is 15.9 Å². The van der Waals surface area contributed by atoms with Crippen molar-refractivity contribution in [1.82, 2.24) is 4.90 Å². The Kier molecular flexibility index (Phi) is 11.1. The molecular weight excluding hydrogens is 600 g/mol. The van der Waals surface area contributed by atoms with E-state index in [1.54, 1.807) is 15.9 Å². The highest BCUT2D eigenvalue weighted by molar-refractivity contribution is 9.09. The van der Waals surface area contributed by atoms with Crippen LogP contribution in [-0.4, -0.2) is 76.7 Å². The van der Waals surface area contributed by atoms with Crippen molar-refractivity contribution in [3.8, 4) is 0 Å². The van der Waals surface area contributed by atoms with E-state index in [1.807, 2.05) is 38.1 Å². The average Bonchev–Trinajstić information content (AvgIpc) is 3.55. The number of likely N-dealkylation sites (tertiary alicyclic amines) is 1. The van der Waals surface area contributed by atoms with Crippen LogP contribution in [0.1, 0.15) is 62.5 Å². The molecule has 0 saturated carbocycles. The summed E-state index contributed by atoms with van der Waals surface area (Å²) < 4.78 is 12.3. The van der Waals surface area contributed by atoms with Crippen molar-refractivity contribution >= 4 is 39.4 Å². The SMILES string of the molecule is C=CCCCCOC(=O)[C@H]1[C@@H]2OC3(CC2Br)C(C(=O)N(CC=C)c2c(C)cccc2C)N(CCCCCCO)C(=O)[C@H]13. The van der Waals surface area contributed by atoms with E-state index in [9.17, 15) is 19.5 Å². The number of esters is 1. The molecule has 230 valence electrons. The van der Waals surface area contributed by atoms with Gasteiger partial charge in [0.1, 0.15) is 11.6 Å². The van der Waals surface area contributed by atoms with Crippen LogP contribution in [-0.2, 0) is 23.9 Å². The first-order valence-electron chi connectivity index (χ1n) is 15.2. The number of aryl methyl sites for hydroxylation is 2. The molecule has 3 aliphatic rings. The van der Waals surface area contributed by atoms with Gasteiger partial charge in [0.25, 0.3) is 5.91 Å². The molecule has 3 fully saturated rings. The number of alkyl halides is 1. The highest BCUT2D eigenvalue weighted by Crippen LogP contribution is 2.60. The Balaban J connectivity index is 1.69. The van der Waals surface area contributed by atoms with E-state index in [-0.39, 0.29) is 36.4 Å². The number of amides is 2. The Labute approximate surface area is 258 Å². The van der Waals surface area contributed by atoms with E-state index in [4.69, 9.17) is 9.47 Å². The minimum absolute atomic E-state index is 0.125. The van der Waals surface area contributed by atoms with Crippen molar-refractivity contribution < 1.29 is 29.0 Å². The summed E-state index contributed by atoms with van der Waals surface area (Å²) in [5.41, 5.74) is 1.57. The van der Waals surface area contributed by atoms with E-state index in [1.165, 1.54) is 0 Å². The minimum atomic E-state index is -1.14. The molecule has 9 heteroatoms. The third-order valence-corrected chi connectivity index (χ3v) is 9.78. The number of nitrogens with zero attached hydrogens (tertiary/aromatic N) is 2. The van der Waals surface area contributed by atoms with E-state index in [0.29, 0.717) is 32.2 Å². The van der Waals surface area contributed by atoms with Crippen LogP contribution in [0, 0.1) is 25.7 Å². The number of halogens is 1. The van der Waals surface area contributed by atoms with Crippen molar-refractivity contribution in [2.75, 3.05) is 31.2 Å². The van der Waals surface area contributed by atoms with Gasteiger partial charge >= 0.3 is 5.97 Å². The number of para-hydroxylation sites is 1. The third kappa shape index (κ3) is 6.10. The van der Waals surface area contributed by atoms with Gasteiger partial charge in [-0.3, -0.25) is 14.4 Å². The predicted molar refractivity (Wildman–Crippen MR) is 166 cm³/mol. The summed E-state index contributed by atoms with van der Waals surface area (Å²) in [5.74, 6) is -2.44. The van der Waals surface area contributed by atoms with Gasteiger partial charge in [-0.2, -0.15) is 0 Å². The molecule has 8 nitrogen and oxygen atoms in total. The van der Waals surface area contributed by atoms with E-state index >= 15 is 0 Å². The number of carbonyl (C=O) groups excluding carboxylic acids is 3. The van der Waals surface area contributed by atoms with Crippen molar-refractivity contribution in [1.29, 1.82) is 0 Å². The number of aliphatic hydroxyl groups is 1. The van der Waals surface area contributed by atoms with Gasteiger partial charge in [0.15, 0.2) is 0 Å². The van der Waals surface area contributed by atoms with Crippen molar-refractivity contribution in [3.05, 3.63) is 54.6 Å².